The molecule has 0 radical (unpaired) electrons. The average molecular weight is 144 g/mol. The highest BCUT2D eigenvalue weighted by molar-refractivity contribution is 4.63. The van der Waals surface area contributed by atoms with E-state index < -0.39 is 0 Å². The molecule has 0 aromatic rings. The number of hydrogen-bond acceptors (Lipinski definition) is 3. The first-order chi connectivity index (χ1) is 4.79. The molecule has 0 aliphatic carbocycles. The molecule has 1 heterocycles. The molecule has 1 atom stereocenters. The summed E-state index contributed by atoms with van der Waals surface area (Å²) in [5.41, 5.74) is 0. The van der Waals surface area contributed by atoms with E-state index in [0.29, 0.717) is 0 Å². The molecule has 3 nitrogen and oxygen atoms in total. The van der Waals surface area contributed by atoms with Gasteiger partial charge in [-0.3, -0.25) is 5.84 Å². The Balaban J connectivity index is 2.23. The normalized spacial score (nSPS) is 31.2. The van der Waals surface area contributed by atoms with Gasteiger partial charge in [-0.25, -0.2) is 5.01 Å². The molecule has 3 heteroatoms. The highest BCUT2D eigenvalue weighted by Crippen LogP contribution is 2.08. The second-order valence-corrected chi connectivity index (χ2v) is 2.97. The van der Waals surface area contributed by atoms with Gasteiger partial charge in [0.05, 0.1) is 6.10 Å². The van der Waals surface area contributed by atoms with Crippen LogP contribution in [0.2, 0.25) is 0 Å². The van der Waals surface area contributed by atoms with Gasteiger partial charge >= 0.3 is 0 Å². The van der Waals surface area contributed by atoms with Crippen LogP contribution in [0.25, 0.3) is 0 Å². The first-order valence-electron chi connectivity index (χ1n) is 3.97. The number of hydrazine groups is 1. The van der Waals surface area contributed by atoms with Gasteiger partial charge in [-0.1, -0.05) is 0 Å². The van der Waals surface area contributed by atoms with E-state index in [4.69, 9.17) is 5.84 Å². The molecule has 0 bridgehead atoms. The second kappa shape index (κ2) is 3.91. The molecule has 10 heavy (non-hydrogen) atoms. The van der Waals surface area contributed by atoms with E-state index in [0.717, 1.165) is 38.8 Å². The fraction of sp³-hybridized carbons (Fsp3) is 1.00. The molecular formula is C7H16N2O. The quantitative estimate of drug-likeness (QED) is 0.474. The number of aliphatic hydroxyl groups excluding tert-OH is 1. The predicted octanol–water partition coefficient (Wildman–Crippen LogP) is 0.0970. The van der Waals surface area contributed by atoms with Crippen molar-refractivity contribution in [1.29, 1.82) is 0 Å². The summed E-state index contributed by atoms with van der Waals surface area (Å²) in [4.78, 5) is 0. The summed E-state index contributed by atoms with van der Waals surface area (Å²) in [6.07, 6.45) is 3.89. The van der Waals surface area contributed by atoms with Gasteiger partial charge in [-0.2, -0.15) is 0 Å². The largest absolute Gasteiger partial charge is 0.393 e. The molecule has 1 rings (SSSR count). The number of rotatable bonds is 0. The maximum Gasteiger partial charge on any atom is 0.0553 e. The lowest BCUT2D eigenvalue weighted by Crippen LogP contribution is -2.36. The summed E-state index contributed by atoms with van der Waals surface area (Å²) >= 11 is 0. The van der Waals surface area contributed by atoms with Gasteiger partial charge in [0.25, 0.3) is 0 Å². The standard InChI is InChI=1S/C7H16N2O/c8-9-5-2-1-3-7(10)4-6-9/h7,10H,1-6,8H2. The minimum Gasteiger partial charge on any atom is -0.393 e. The summed E-state index contributed by atoms with van der Waals surface area (Å²) in [5.74, 6) is 5.59. The molecule has 0 aromatic carbocycles. The lowest BCUT2D eigenvalue weighted by atomic mass is 10.1. The van der Waals surface area contributed by atoms with E-state index in [-0.39, 0.29) is 6.10 Å². The van der Waals surface area contributed by atoms with Gasteiger partial charge in [-0.15, -0.1) is 0 Å². The third-order valence-corrected chi connectivity index (χ3v) is 1.98. The maximum absolute atomic E-state index is 9.25. The first kappa shape index (κ1) is 7.98. The molecule has 0 spiro atoms. The van der Waals surface area contributed by atoms with Gasteiger partial charge in [0.1, 0.15) is 0 Å². The van der Waals surface area contributed by atoms with E-state index >= 15 is 0 Å². The highest BCUT2D eigenvalue weighted by atomic mass is 16.3. The smallest absolute Gasteiger partial charge is 0.0553 e. The molecule has 1 saturated heterocycles. The third-order valence-electron chi connectivity index (χ3n) is 1.98. The molecule has 0 amide bonds. The second-order valence-electron chi connectivity index (χ2n) is 2.97. The van der Waals surface area contributed by atoms with Gasteiger partial charge < -0.3 is 5.11 Å². The van der Waals surface area contributed by atoms with Crippen LogP contribution in [0.15, 0.2) is 0 Å². The fourth-order valence-electron chi connectivity index (χ4n) is 1.27. The first-order valence-corrected chi connectivity index (χ1v) is 3.97. The minimum absolute atomic E-state index is 0.119. The van der Waals surface area contributed by atoms with Crippen LogP contribution in [0.5, 0.6) is 0 Å². The van der Waals surface area contributed by atoms with Gasteiger partial charge in [-0.05, 0) is 25.7 Å². The van der Waals surface area contributed by atoms with Gasteiger partial charge in [0, 0.05) is 13.1 Å². The summed E-state index contributed by atoms with van der Waals surface area (Å²) < 4.78 is 0. The Morgan fingerprint density at radius 3 is 2.80 bits per heavy atom. The SMILES string of the molecule is NN1CCCCC(O)CC1. The van der Waals surface area contributed by atoms with Crippen LogP contribution >= 0.6 is 0 Å². The Kier molecular flexibility index (Phi) is 3.12. The fourth-order valence-corrected chi connectivity index (χ4v) is 1.27. The Hall–Kier alpha value is -0.120. The predicted molar refractivity (Wildman–Crippen MR) is 40.2 cm³/mol. The number of nitrogens with two attached hydrogens (primary N) is 1. The topological polar surface area (TPSA) is 49.5 Å². The van der Waals surface area contributed by atoms with E-state index in [1.165, 1.54) is 0 Å². The zero-order valence-electron chi connectivity index (χ0n) is 6.29. The Labute approximate surface area is 61.8 Å². The van der Waals surface area contributed by atoms with E-state index in [1.807, 2.05) is 0 Å². The number of nitrogens with zero attached hydrogens (tertiary/aromatic N) is 1. The molecule has 0 aromatic heterocycles. The van der Waals surface area contributed by atoms with Crippen LogP contribution in [-0.2, 0) is 0 Å². The molecule has 0 saturated carbocycles. The minimum atomic E-state index is -0.119. The van der Waals surface area contributed by atoms with Crippen LogP contribution in [-0.4, -0.2) is 29.3 Å². The van der Waals surface area contributed by atoms with Crippen LogP contribution in [0, 0.1) is 0 Å². The van der Waals surface area contributed by atoms with Crippen molar-refractivity contribution in [2.45, 2.75) is 31.8 Å². The van der Waals surface area contributed by atoms with Crippen molar-refractivity contribution in [3.8, 4) is 0 Å². The molecular weight excluding hydrogens is 128 g/mol. The molecule has 1 unspecified atom stereocenters. The maximum atomic E-state index is 9.25. The van der Waals surface area contributed by atoms with Crippen molar-refractivity contribution in [3.05, 3.63) is 0 Å². The third kappa shape index (κ3) is 2.64. The Morgan fingerprint density at radius 1 is 1.20 bits per heavy atom. The zero-order chi connectivity index (χ0) is 7.40. The summed E-state index contributed by atoms with van der Waals surface area (Å²) in [7, 11) is 0. The van der Waals surface area contributed by atoms with Crippen molar-refractivity contribution in [2.24, 2.45) is 5.84 Å². The van der Waals surface area contributed by atoms with Crippen LogP contribution < -0.4 is 5.84 Å². The van der Waals surface area contributed by atoms with Crippen molar-refractivity contribution in [2.75, 3.05) is 13.1 Å². The Bertz CT molecular complexity index is 85.6. The summed E-state index contributed by atoms with van der Waals surface area (Å²) in [5, 5.41) is 11.0. The van der Waals surface area contributed by atoms with Crippen LogP contribution in [0.1, 0.15) is 25.7 Å². The lowest BCUT2D eigenvalue weighted by molar-refractivity contribution is 0.115. The zero-order valence-corrected chi connectivity index (χ0v) is 6.29. The van der Waals surface area contributed by atoms with Crippen molar-refractivity contribution >= 4 is 0 Å². The lowest BCUT2D eigenvalue weighted by Gasteiger charge is -2.21. The average Bonchev–Trinajstić information content (AvgIpc) is 1.90. The number of aliphatic hydroxyl groups is 1. The van der Waals surface area contributed by atoms with E-state index in [1.54, 1.807) is 5.01 Å². The van der Waals surface area contributed by atoms with Gasteiger partial charge in [0.2, 0.25) is 0 Å². The van der Waals surface area contributed by atoms with Gasteiger partial charge in [0.15, 0.2) is 0 Å². The molecule has 3 N–H and O–H groups in total. The van der Waals surface area contributed by atoms with Crippen molar-refractivity contribution in [1.82, 2.24) is 5.01 Å². The summed E-state index contributed by atoms with van der Waals surface area (Å²) in [6.45, 7) is 1.81. The Morgan fingerprint density at radius 2 is 2.00 bits per heavy atom. The van der Waals surface area contributed by atoms with E-state index in [2.05, 4.69) is 0 Å². The number of hydrogen-bond donors (Lipinski definition) is 2. The highest BCUT2D eigenvalue weighted by Gasteiger charge is 2.09. The molecule has 60 valence electrons. The van der Waals surface area contributed by atoms with Crippen molar-refractivity contribution < 1.29 is 5.11 Å². The van der Waals surface area contributed by atoms with Crippen LogP contribution in [0.4, 0.5) is 0 Å². The molecule has 1 aliphatic rings. The molecule has 1 aliphatic heterocycles. The summed E-state index contributed by atoms with van der Waals surface area (Å²) in [6, 6.07) is 0. The van der Waals surface area contributed by atoms with E-state index in [9.17, 15) is 5.11 Å². The molecule has 1 fully saturated rings. The monoisotopic (exact) mass is 144 g/mol. The van der Waals surface area contributed by atoms with Crippen molar-refractivity contribution in [3.63, 3.8) is 0 Å². The van der Waals surface area contributed by atoms with Crippen LogP contribution in [0.3, 0.4) is 0 Å².